The highest BCUT2D eigenvalue weighted by Gasteiger charge is 2.15. The van der Waals surface area contributed by atoms with Crippen molar-refractivity contribution >= 4 is 5.91 Å². The van der Waals surface area contributed by atoms with Crippen molar-refractivity contribution in [1.82, 2.24) is 10.6 Å². The number of rotatable bonds is 5. The van der Waals surface area contributed by atoms with Crippen molar-refractivity contribution in [3.63, 3.8) is 0 Å². The molecule has 1 aliphatic rings. The van der Waals surface area contributed by atoms with Crippen LogP contribution in [-0.4, -0.2) is 37.7 Å². The summed E-state index contributed by atoms with van der Waals surface area (Å²) in [6.45, 7) is 9.53. The van der Waals surface area contributed by atoms with Gasteiger partial charge in [-0.2, -0.15) is 0 Å². The highest BCUT2D eigenvalue weighted by atomic mass is 16.5. The van der Waals surface area contributed by atoms with E-state index in [2.05, 4.69) is 31.4 Å². The van der Waals surface area contributed by atoms with Crippen molar-refractivity contribution in [2.45, 2.75) is 45.6 Å². The molecule has 0 aliphatic carbocycles. The average Bonchev–Trinajstić information content (AvgIpc) is 2.26. The number of hydrogen-bond acceptors (Lipinski definition) is 3. The Morgan fingerprint density at radius 1 is 1.29 bits per heavy atom. The Morgan fingerprint density at radius 3 is 2.53 bits per heavy atom. The van der Waals surface area contributed by atoms with Crippen molar-refractivity contribution in [2.24, 2.45) is 5.92 Å². The summed E-state index contributed by atoms with van der Waals surface area (Å²) >= 11 is 0. The van der Waals surface area contributed by atoms with Gasteiger partial charge in [-0.3, -0.25) is 4.79 Å². The van der Waals surface area contributed by atoms with E-state index in [1.807, 2.05) is 0 Å². The largest absolute Gasteiger partial charge is 0.381 e. The lowest BCUT2D eigenvalue weighted by atomic mass is 10.0. The molecule has 0 spiro atoms. The quantitative estimate of drug-likeness (QED) is 0.764. The Kier molecular flexibility index (Phi) is 5.92. The second-order valence-corrected chi connectivity index (χ2v) is 5.79. The van der Waals surface area contributed by atoms with Crippen LogP contribution in [0.3, 0.4) is 0 Å². The van der Waals surface area contributed by atoms with Crippen LogP contribution in [0.4, 0.5) is 0 Å². The molecule has 2 N–H and O–H groups in total. The second-order valence-electron chi connectivity index (χ2n) is 5.79. The van der Waals surface area contributed by atoms with Crippen LogP contribution in [0.2, 0.25) is 0 Å². The first-order valence-corrected chi connectivity index (χ1v) is 6.57. The molecule has 0 bridgehead atoms. The van der Waals surface area contributed by atoms with Gasteiger partial charge >= 0.3 is 0 Å². The Hall–Kier alpha value is -0.610. The molecule has 0 aromatic rings. The topological polar surface area (TPSA) is 50.4 Å². The van der Waals surface area contributed by atoms with Crippen molar-refractivity contribution in [1.29, 1.82) is 0 Å². The molecule has 17 heavy (non-hydrogen) atoms. The van der Waals surface area contributed by atoms with Crippen LogP contribution in [0.15, 0.2) is 0 Å². The van der Waals surface area contributed by atoms with Crippen molar-refractivity contribution in [3.8, 4) is 0 Å². The Morgan fingerprint density at radius 2 is 1.94 bits per heavy atom. The normalized spacial score (nSPS) is 18.1. The van der Waals surface area contributed by atoms with E-state index in [0.29, 0.717) is 12.3 Å². The average molecular weight is 242 g/mol. The number of ether oxygens (including phenoxy) is 1. The summed E-state index contributed by atoms with van der Waals surface area (Å²) in [5.74, 6) is 0.747. The molecule has 4 heteroatoms. The van der Waals surface area contributed by atoms with Crippen LogP contribution in [-0.2, 0) is 9.53 Å². The predicted molar refractivity (Wildman–Crippen MR) is 68.9 cm³/mol. The zero-order valence-corrected chi connectivity index (χ0v) is 11.3. The van der Waals surface area contributed by atoms with E-state index >= 15 is 0 Å². The monoisotopic (exact) mass is 242 g/mol. The van der Waals surface area contributed by atoms with Gasteiger partial charge in [0.2, 0.25) is 5.91 Å². The zero-order valence-electron chi connectivity index (χ0n) is 11.3. The number of hydrogen-bond donors (Lipinski definition) is 2. The SMILES string of the molecule is CC(C)(C)NCCC(=O)NCC1CCOCC1. The molecule has 1 amide bonds. The van der Waals surface area contributed by atoms with Gasteiger partial charge in [0.1, 0.15) is 0 Å². The molecule has 100 valence electrons. The van der Waals surface area contributed by atoms with Gasteiger partial charge in [0.15, 0.2) is 0 Å². The van der Waals surface area contributed by atoms with Crippen LogP contribution < -0.4 is 10.6 Å². The second kappa shape index (κ2) is 6.97. The third kappa shape index (κ3) is 7.34. The first-order valence-electron chi connectivity index (χ1n) is 6.57. The summed E-state index contributed by atoms with van der Waals surface area (Å²) in [4.78, 5) is 11.6. The van der Waals surface area contributed by atoms with Crippen molar-refractivity contribution in [2.75, 3.05) is 26.3 Å². The fourth-order valence-electron chi connectivity index (χ4n) is 1.85. The lowest BCUT2D eigenvalue weighted by Gasteiger charge is -2.23. The van der Waals surface area contributed by atoms with Gasteiger partial charge in [-0.05, 0) is 39.5 Å². The van der Waals surface area contributed by atoms with Gasteiger partial charge in [-0.15, -0.1) is 0 Å². The minimum absolute atomic E-state index is 0.0843. The standard InChI is InChI=1S/C13H26N2O2/c1-13(2,3)15-7-4-12(16)14-10-11-5-8-17-9-6-11/h11,15H,4-10H2,1-3H3,(H,14,16). The number of carbonyl (C=O) groups is 1. The molecular formula is C13H26N2O2. The summed E-state index contributed by atoms with van der Waals surface area (Å²) in [7, 11) is 0. The van der Waals surface area contributed by atoms with Gasteiger partial charge in [-0.1, -0.05) is 0 Å². The maximum Gasteiger partial charge on any atom is 0.221 e. The first-order chi connectivity index (χ1) is 7.97. The summed E-state index contributed by atoms with van der Waals surface area (Å²) in [5, 5.41) is 6.31. The third-order valence-electron chi connectivity index (χ3n) is 2.94. The molecule has 1 saturated heterocycles. The van der Waals surface area contributed by atoms with E-state index in [-0.39, 0.29) is 11.4 Å². The van der Waals surface area contributed by atoms with E-state index < -0.39 is 0 Å². The van der Waals surface area contributed by atoms with E-state index in [1.54, 1.807) is 0 Å². The van der Waals surface area contributed by atoms with Gasteiger partial charge in [0.05, 0.1) is 0 Å². The van der Waals surface area contributed by atoms with Gasteiger partial charge < -0.3 is 15.4 Å². The molecule has 1 fully saturated rings. The maximum atomic E-state index is 11.6. The Balaban J connectivity index is 2.04. The molecule has 0 atom stereocenters. The van der Waals surface area contributed by atoms with Gasteiger partial charge in [-0.25, -0.2) is 0 Å². The molecule has 0 unspecified atom stereocenters. The fourth-order valence-corrected chi connectivity index (χ4v) is 1.85. The number of nitrogens with one attached hydrogen (secondary N) is 2. The van der Waals surface area contributed by atoms with Crippen molar-refractivity contribution in [3.05, 3.63) is 0 Å². The van der Waals surface area contributed by atoms with Crippen LogP contribution in [0, 0.1) is 5.92 Å². The molecule has 0 radical (unpaired) electrons. The van der Waals surface area contributed by atoms with E-state index in [9.17, 15) is 4.79 Å². The van der Waals surface area contributed by atoms with E-state index in [0.717, 1.165) is 39.1 Å². The van der Waals surface area contributed by atoms with Crippen LogP contribution in [0.1, 0.15) is 40.0 Å². The molecule has 1 aliphatic heterocycles. The third-order valence-corrected chi connectivity index (χ3v) is 2.94. The molecule has 4 nitrogen and oxygen atoms in total. The van der Waals surface area contributed by atoms with Crippen LogP contribution in [0.5, 0.6) is 0 Å². The minimum Gasteiger partial charge on any atom is -0.381 e. The predicted octanol–water partition coefficient (Wildman–Crippen LogP) is 1.31. The van der Waals surface area contributed by atoms with E-state index in [1.165, 1.54) is 0 Å². The minimum atomic E-state index is 0.0843. The zero-order chi connectivity index (χ0) is 12.7. The van der Waals surface area contributed by atoms with Gasteiger partial charge in [0, 0.05) is 38.3 Å². The van der Waals surface area contributed by atoms with Crippen molar-refractivity contribution < 1.29 is 9.53 Å². The molecule has 0 saturated carbocycles. The summed E-state index contributed by atoms with van der Waals surface area (Å²) in [5.41, 5.74) is 0.0843. The maximum absolute atomic E-state index is 11.6. The molecular weight excluding hydrogens is 216 g/mol. The Labute approximate surface area is 104 Å². The van der Waals surface area contributed by atoms with E-state index in [4.69, 9.17) is 4.74 Å². The molecule has 0 aromatic carbocycles. The molecule has 1 heterocycles. The number of carbonyl (C=O) groups excluding carboxylic acids is 1. The fraction of sp³-hybridized carbons (Fsp3) is 0.923. The smallest absolute Gasteiger partial charge is 0.221 e. The summed E-state index contributed by atoms with van der Waals surface area (Å²) < 4.78 is 5.29. The summed E-state index contributed by atoms with van der Waals surface area (Å²) in [6, 6.07) is 0. The highest BCUT2D eigenvalue weighted by molar-refractivity contribution is 5.76. The molecule has 0 aromatic heterocycles. The first kappa shape index (κ1) is 14.5. The highest BCUT2D eigenvalue weighted by Crippen LogP contribution is 2.13. The molecule has 1 rings (SSSR count). The lowest BCUT2D eigenvalue weighted by Crippen LogP contribution is -2.39. The van der Waals surface area contributed by atoms with Crippen LogP contribution in [0.25, 0.3) is 0 Å². The number of amides is 1. The summed E-state index contributed by atoms with van der Waals surface area (Å²) in [6.07, 6.45) is 2.70. The van der Waals surface area contributed by atoms with Gasteiger partial charge in [0.25, 0.3) is 0 Å². The Bertz CT molecular complexity index is 230. The lowest BCUT2D eigenvalue weighted by molar-refractivity contribution is -0.121. The van der Waals surface area contributed by atoms with Crippen LogP contribution >= 0.6 is 0 Å².